The lowest BCUT2D eigenvalue weighted by molar-refractivity contribution is -0.133. The van der Waals surface area contributed by atoms with Crippen molar-refractivity contribution in [3.63, 3.8) is 0 Å². The molecule has 7 nitrogen and oxygen atoms in total. The smallest absolute Gasteiger partial charge is 0.227 e. The van der Waals surface area contributed by atoms with E-state index >= 15 is 0 Å². The number of hydrogen-bond donors (Lipinski definition) is 1. The first kappa shape index (κ1) is 20.2. The highest BCUT2D eigenvalue weighted by Gasteiger charge is 2.38. The Kier molecular flexibility index (Phi) is 5.53. The van der Waals surface area contributed by atoms with E-state index in [1.165, 1.54) is 12.1 Å². The van der Waals surface area contributed by atoms with Gasteiger partial charge in [0.05, 0.1) is 24.0 Å². The fourth-order valence-corrected chi connectivity index (χ4v) is 4.17. The van der Waals surface area contributed by atoms with Crippen molar-refractivity contribution in [3.05, 3.63) is 66.4 Å². The third-order valence-electron chi connectivity index (χ3n) is 5.87. The molecule has 0 spiro atoms. The van der Waals surface area contributed by atoms with Crippen molar-refractivity contribution in [2.75, 3.05) is 23.3 Å². The molecule has 1 N–H and O–H groups in total. The van der Waals surface area contributed by atoms with E-state index < -0.39 is 0 Å². The normalized spacial score (nSPS) is 19.0. The average Bonchev–Trinajstić information content (AvgIpc) is 2.83. The molecule has 3 aromatic rings. The maximum absolute atomic E-state index is 12.1. The number of aromatic nitrogens is 2. The molecule has 3 fully saturated rings. The number of carbonyl (C=O) groups is 1. The van der Waals surface area contributed by atoms with Crippen LogP contribution in [0.2, 0.25) is 0 Å². The van der Waals surface area contributed by atoms with Crippen LogP contribution >= 0.6 is 0 Å². The van der Waals surface area contributed by atoms with Gasteiger partial charge < -0.3 is 15.0 Å². The van der Waals surface area contributed by atoms with Gasteiger partial charge in [-0.15, -0.1) is 0 Å². The van der Waals surface area contributed by atoms with Crippen molar-refractivity contribution in [2.45, 2.75) is 31.5 Å². The molecular formula is C25H23N5O2. The summed E-state index contributed by atoms with van der Waals surface area (Å²) in [4.78, 5) is 23.4. The summed E-state index contributed by atoms with van der Waals surface area (Å²) in [7, 11) is 0. The summed E-state index contributed by atoms with van der Waals surface area (Å²) in [6, 6.07) is 19.4. The molecule has 0 aliphatic carbocycles. The van der Waals surface area contributed by atoms with E-state index in [0.29, 0.717) is 23.7 Å². The number of nitrogens with zero attached hydrogens (tertiary/aromatic N) is 4. The molecule has 1 aromatic heterocycles. The quantitative estimate of drug-likeness (QED) is 0.563. The number of carbonyl (C=O) groups excluding carboxylic acids is 1. The summed E-state index contributed by atoms with van der Waals surface area (Å²) < 4.78 is 5.71. The van der Waals surface area contributed by atoms with Crippen LogP contribution in [0.3, 0.4) is 0 Å². The van der Waals surface area contributed by atoms with Crippen LogP contribution in [0, 0.1) is 11.3 Å². The van der Waals surface area contributed by atoms with Crippen LogP contribution in [0.5, 0.6) is 0 Å². The Labute approximate surface area is 186 Å². The number of nitriles is 1. The van der Waals surface area contributed by atoms with Crippen molar-refractivity contribution in [3.8, 4) is 17.3 Å². The summed E-state index contributed by atoms with van der Waals surface area (Å²) in [5.74, 6) is 0.484. The number of morpholine rings is 1. The van der Waals surface area contributed by atoms with E-state index in [0.717, 1.165) is 30.0 Å². The Balaban J connectivity index is 1.25. The molecule has 0 unspecified atom stereocenters. The van der Waals surface area contributed by atoms with Crippen LogP contribution < -0.4 is 10.2 Å². The molecule has 3 aliphatic rings. The molecule has 0 amide bonds. The summed E-state index contributed by atoms with van der Waals surface area (Å²) in [5.41, 5.74) is 4.39. The number of anilines is 3. The fourth-order valence-electron chi connectivity index (χ4n) is 4.17. The first-order valence-corrected chi connectivity index (χ1v) is 10.8. The number of hydrogen-bond acceptors (Lipinski definition) is 7. The van der Waals surface area contributed by atoms with Gasteiger partial charge >= 0.3 is 0 Å². The largest absolute Gasteiger partial charge is 0.371 e. The van der Waals surface area contributed by atoms with Gasteiger partial charge in [0.25, 0.3) is 0 Å². The van der Waals surface area contributed by atoms with Crippen LogP contribution in [0.1, 0.15) is 29.6 Å². The molecule has 6 rings (SSSR count). The van der Waals surface area contributed by atoms with Crippen molar-refractivity contribution in [2.24, 2.45) is 0 Å². The fraction of sp³-hybridized carbons (Fsp3) is 0.280. The molecule has 7 heteroatoms. The minimum absolute atomic E-state index is 0.0271. The third-order valence-corrected chi connectivity index (χ3v) is 5.87. The van der Waals surface area contributed by atoms with E-state index in [1.807, 2.05) is 36.4 Å². The van der Waals surface area contributed by atoms with E-state index in [-0.39, 0.29) is 18.6 Å². The molecular weight excluding hydrogens is 402 g/mol. The maximum atomic E-state index is 12.1. The zero-order valence-electron chi connectivity index (χ0n) is 17.6. The predicted molar refractivity (Wildman–Crippen MR) is 122 cm³/mol. The predicted octanol–water partition coefficient (Wildman–Crippen LogP) is 4.35. The Bertz CT molecular complexity index is 1140. The number of nitrogens with one attached hydrogen (secondary N) is 1. The molecule has 32 heavy (non-hydrogen) atoms. The molecule has 4 heterocycles. The number of rotatable bonds is 7. The molecule has 3 aliphatic heterocycles. The van der Waals surface area contributed by atoms with Gasteiger partial charge in [0.1, 0.15) is 0 Å². The van der Waals surface area contributed by atoms with E-state index in [9.17, 15) is 4.79 Å². The van der Waals surface area contributed by atoms with Crippen molar-refractivity contribution >= 4 is 23.1 Å². The lowest BCUT2D eigenvalue weighted by Gasteiger charge is -2.48. The van der Waals surface area contributed by atoms with Crippen LogP contribution in [-0.4, -0.2) is 41.0 Å². The van der Waals surface area contributed by atoms with Crippen LogP contribution in [0.15, 0.2) is 60.8 Å². The van der Waals surface area contributed by atoms with Gasteiger partial charge in [0.2, 0.25) is 5.95 Å². The number of fused-ring (bicyclic) bond motifs is 2. The number of benzene rings is 2. The second-order valence-corrected chi connectivity index (χ2v) is 8.12. The van der Waals surface area contributed by atoms with Crippen molar-refractivity contribution in [1.82, 2.24) is 9.97 Å². The molecule has 3 saturated heterocycles. The van der Waals surface area contributed by atoms with Gasteiger partial charge in [-0.2, -0.15) is 5.26 Å². The highest BCUT2D eigenvalue weighted by molar-refractivity contribution is 5.96. The second kappa shape index (κ2) is 8.77. The van der Waals surface area contributed by atoms with E-state index in [4.69, 9.17) is 10.00 Å². The topological polar surface area (TPSA) is 91.1 Å². The average molecular weight is 425 g/mol. The zero-order valence-corrected chi connectivity index (χ0v) is 17.6. The highest BCUT2D eigenvalue weighted by Crippen LogP contribution is 2.32. The number of piperidine rings is 1. The summed E-state index contributed by atoms with van der Waals surface area (Å²) >= 11 is 0. The zero-order chi connectivity index (χ0) is 21.9. The van der Waals surface area contributed by atoms with Gasteiger partial charge in [-0.3, -0.25) is 4.79 Å². The Morgan fingerprint density at radius 2 is 1.81 bits per heavy atom. The van der Waals surface area contributed by atoms with Gasteiger partial charge in [0, 0.05) is 61.1 Å². The lowest BCUT2D eigenvalue weighted by Crippen LogP contribution is -2.57. The molecule has 2 atom stereocenters. The first-order valence-electron chi connectivity index (χ1n) is 10.8. The third kappa shape index (κ3) is 4.32. The lowest BCUT2D eigenvalue weighted by atomic mass is 9.98. The molecule has 2 bridgehead atoms. The van der Waals surface area contributed by atoms with Gasteiger partial charge in [0.15, 0.2) is 5.78 Å². The summed E-state index contributed by atoms with van der Waals surface area (Å²) in [5, 5.41) is 11.9. The number of ketones is 1. The van der Waals surface area contributed by atoms with Gasteiger partial charge in [-0.05, 0) is 30.3 Å². The van der Waals surface area contributed by atoms with Gasteiger partial charge in [-0.1, -0.05) is 24.3 Å². The minimum Gasteiger partial charge on any atom is -0.371 e. The monoisotopic (exact) mass is 425 g/mol. The Hall–Kier alpha value is -3.76. The maximum Gasteiger partial charge on any atom is 0.227 e. The van der Waals surface area contributed by atoms with Crippen LogP contribution in [-0.2, 0) is 4.74 Å². The summed E-state index contributed by atoms with van der Waals surface area (Å²) in [6.45, 7) is 1.91. The highest BCUT2D eigenvalue weighted by atomic mass is 16.5. The second-order valence-electron chi connectivity index (χ2n) is 8.12. The molecule has 160 valence electrons. The van der Waals surface area contributed by atoms with Crippen molar-refractivity contribution in [1.29, 1.82) is 5.26 Å². The Morgan fingerprint density at radius 1 is 1.09 bits per heavy atom. The van der Waals surface area contributed by atoms with E-state index in [2.05, 4.69) is 32.3 Å². The SMILES string of the molecule is N#CCCC(=O)c1ccc(-c2ccnc(Nc3ccc(N4C[C@H]5C[C@@H](C4)O5)cc3)n2)cc1. The van der Waals surface area contributed by atoms with Crippen LogP contribution in [0.4, 0.5) is 17.3 Å². The Morgan fingerprint density at radius 3 is 2.50 bits per heavy atom. The molecule has 0 radical (unpaired) electrons. The molecule has 2 aromatic carbocycles. The number of Topliss-reactive ketones (excluding diaryl/α,β-unsaturated/α-hetero) is 1. The van der Waals surface area contributed by atoms with Gasteiger partial charge in [-0.25, -0.2) is 9.97 Å². The minimum atomic E-state index is -0.0271. The van der Waals surface area contributed by atoms with Crippen molar-refractivity contribution < 1.29 is 9.53 Å². The first-order chi connectivity index (χ1) is 15.7. The standard InChI is InChI=1S/C25H23N5O2/c26-12-1-2-24(31)18-5-3-17(4-6-18)23-11-13-27-25(29-23)28-19-7-9-20(10-8-19)30-15-21-14-22(16-30)32-21/h3-11,13,21-22H,1-2,14-16H2,(H,27,28,29)/t21-,22+. The summed E-state index contributed by atoms with van der Waals surface area (Å²) in [6.07, 6.45) is 4.13. The number of ether oxygens (including phenoxy) is 1. The molecule has 0 saturated carbocycles. The van der Waals surface area contributed by atoms with Crippen LogP contribution in [0.25, 0.3) is 11.3 Å². The van der Waals surface area contributed by atoms with E-state index in [1.54, 1.807) is 18.3 Å².